The number of amides is 1. The van der Waals surface area contributed by atoms with Gasteiger partial charge in [-0.2, -0.15) is 0 Å². The third-order valence-electron chi connectivity index (χ3n) is 7.10. The summed E-state index contributed by atoms with van der Waals surface area (Å²) in [7, 11) is 0. The van der Waals surface area contributed by atoms with E-state index in [1.165, 1.54) is 18.2 Å². The lowest BCUT2D eigenvalue weighted by Crippen LogP contribution is -2.46. The van der Waals surface area contributed by atoms with Crippen LogP contribution in [0.4, 0.5) is 14.5 Å². The molecular weight excluding hydrogens is 446 g/mol. The number of carbonyl (C=O) groups is 1. The monoisotopic (exact) mass is 480 g/mol. The molecule has 0 saturated carbocycles. The standard InChI is InChI=1S/C28H34F2N4O/c1-5-32-14-16-33(17-15-32)26-19(2)27(28(35)31-20(3)22-10-7-6-8-11-22)34(21(26)4)18-23-24(29)12-9-13-25(23)30/h6-13,20H,5,14-18H2,1-4H3,(H,31,35). The Hall–Kier alpha value is -3.19. The van der Waals surface area contributed by atoms with Crippen molar-refractivity contribution in [1.82, 2.24) is 14.8 Å². The molecule has 1 unspecified atom stereocenters. The maximum atomic E-state index is 14.6. The molecule has 0 spiro atoms. The first kappa shape index (κ1) is 24.9. The van der Waals surface area contributed by atoms with E-state index in [0.717, 1.165) is 55.2 Å². The zero-order valence-electron chi connectivity index (χ0n) is 20.9. The van der Waals surface area contributed by atoms with Gasteiger partial charge in [0.2, 0.25) is 0 Å². The maximum absolute atomic E-state index is 14.6. The van der Waals surface area contributed by atoms with E-state index in [1.54, 1.807) is 4.57 Å². The molecule has 1 atom stereocenters. The van der Waals surface area contributed by atoms with Crippen molar-refractivity contribution in [2.75, 3.05) is 37.6 Å². The van der Waals surface area contributed by atoms with Gasteiger partial charge in [0.15, 0.2) is 0 Å². The molecule has 35 heavy (non-hydrogen) atoms. The SMILES string of the molecule is CCN1CCN(c2c(C)c(C(=O)NC(C)c3ccccc3)n(Cc3c(F)cccc3F)c2C)CC1. The molecule has 186 valence electrons. The van der Waals surface area contributed by atoms with Crippen molar-refractivity contribution < 1.29 is 13.6 Å². The van der Waals surface area contributed by atoms with Crippen LogP contribution in [0.2, 0.25) is 0 Å². The highest BCUT2D eigenvalue weighted by Crippen LogP contribution is 2.33. The zero-order valence-corrected chi connectivity index (χ0v) is 20.9. The predicted octanol–water partition coefficient (Wildman–Crippen LogP) is 5.06. The molecule has 2 heterocycles. The molecule has 0 bridgehead atoms. The Morgan fingerprint density at radius 2 is 1.60 bits per heavy atom. The molecule has 1 N–H and O–H groups in total. The van der Waals surface area contributed by atoms with E-state index >= 15 is 0 Å². The molecular formula is C28H34F2N4O. The molecule has 2 aromatic carbocycles. The summed E-state index contributed by atoms with van der Waals surface area (Å²) in [5.41, 5.74) is 4.05. The van der Waals surface area contributed by atoms with E-state index in [0.29, 0.717) is 5.69 Å². The smallest absolute Gasteiger partial charge is 0.268 e. The minimum atomic E-state index is -0.613. The number of nitrogens with one attached hydrogen (secondary N) is 1. The largest absolute Gasteiger partial charge is 0.367 e. The Kier molecular flexibility index (Phi) is 7.55. The quantitative estimate of drug-likeness (QED) is 0.514. The van der Waals surface area contributed by atoms with Gasteiger partial charge in [-0.05, 0) is 45.0 Å². The van der Waals surface area contributed by atoms with Gasteiger partial charge in [-0.25, -0.2) is 8.78 Å². The first-order valence-corrected chi connectivity index (χ1v) is 12.3. The average Bonchev–Trinajstić information content (AvgIpc) is 3.11. The minimum Gasteiger partial charge on any atom is -0.367 e. The molecule has 1 aromatic heterocycles. The van der Waals surface area contributed by atoms with Crippen LogP contribution in [0.3, 0.4) is 0 Å². The number of halogens is 2. The molecule has 1 aliphatic heterocycles. The number of likely N-dealkylation sites (N-methyl/N-ethyl adjacent to an activating group) is 1. The summed E-state index contributed by atoms with van der Waals surface area (Å²) >= 11 is 0. The summed E-state index contributed by atoms with van der Waals surface area (Å²) in [6.45, 7) is 12.5. The first-order chi connectivity index (χ1) is 16.8. The van der Waals surface area contributed by atoms with E-state index in [4.69, 9.17) is 0 Å². The number of nitrogens with zero attached hydrogens (tertiary/aromatic N) is 3. The van der Waals surface area contributed by atoms with Gasteiger partial charge in [-0.3, -0.25) is 4.79 Å². The Bertz CT molecular complexity index is 1160. The molecule has 4 rings (SSSR count). The van der Waals surface area contributed by atoms with Crippen LogP contribution in [0.1, 0.15) is 52.8 Å². The van der Waals surface area contributed by atoms with Crippen LogP contribution in [-0.2, 0) is 6.54 Å². The van der Waals surface area contributed by atoms with Crippen molar-refractivity contribution in [1.29, 1.82) is 0 Å². The lowest BCUT2D eigenvalue weighted by molar-refractivity contribution is 0.0930. The third kappa shape index (κ3) is 5.10. The average molecular weight is 481 g/mol. The number of aromatic nitrogens is 1. The zero-order chi connectivity index (χ0) is 25.1. The van der Waals surface area contributed by atoms with Crippen LogP contribution >= 0.6 is 0 Å². The second-order valence-corrected chi connectivity index (χ2v) is 9.22. The highest BCUT2D eigenvalue weighted by molar-refractivity contribution is 5.97. The summed E-state index contributed by atoms with van der Waals surface area (Å²) in [6, 6.07) is 13.4. The summed E-state index contributed by atoms with van der Waals surface area (Å²) in [6.07, 6.45) is 0. The number of piperazine rings is 1. The van der Waals surface area contributed by atoms with Crippen LogP contribution in [0.15, 0.2) is 48.5 Å². The van der Waals surface area contributed by atoms with Gasteiger partial charge in [0, 0.05) is 43.0 Å². The fourth-order valence-corrected chi connectivity index (χ4v) is 5.06. The minimum absolute atomic E-state index is 0.0434. The number of benzene rings is 2. The molecule has 1 saturated heterocycles. The molecule has 1 fully saturated rings. The number of carbonyl (C=O) groups excluding carboxylic acids is 1. The number of rotatable bonds is 7. The van der Waals surface area contributed by atoms with Gasteiger partial charge in [0.05, 0.1) is 18.3 Å². The van der Waals surface area contributed by atoms with E-state index in [9.17, 15) is 13.6 Å². The maximum Gasteiger partial charge on any atom is 0.268 e. The molecule has 7 heteroatoms. The summed E-state index contributed by atoms with van der Waals surface area (Å²) in [4.78, 5) is 18.3. The fourth-order valence-electron chi connectivity index (χ4n) is 5.06. The number of anilines is 1. The van der Waals surface area contributed by atoms with Gasteiger partial charge in [-0.1, -0.05) is 43.3 Å². The molecule has 0 radical (unpaired) electrons. The normalized spacial score (nSPS) is 15.3. The third-order valence-corrected chi connectivity index (χ3v) is 7.10. The van der Waals surface area contributed by atoms with E-state index in [1.807, 2.05) is 51.1 Å². The van der Waals surface area contributed by atoms with Crippen LogP contribution in [-0.4, -0.2) is 48.1 Å². The van der Waals surface area contributed by atoms with Gasteiger partial charge >= 0.3 is 0 Å². The number of hydrogen-bond donors (Lipinski definition) is 1. The van der Waals surface area contributed by atoms with Gasteiger partial charge in [0.25, 0.3) is 5.91 Å². The summed E-state index contributed by atoms with van der Waals surface area (Å²) < 4.78 is 31.0. The van der Waals surface area contributed by atoms with Crippen molar-refractivity contribution in [2.45, 2.75) is 40.3 Å². The van der Waals surface area contributed by atoms with Gasteiger partial charge < -0.3 is 19.7 Å². The van der Waals surface area contributed by atoms with E-state index < -0.39 is 11.6 Å². The highest BCUT2D eigenvalue weighted by atomic mass is 19.1. The van der Waals surface area contributed by atoms with Crippen molar-refractivity contribution in [3.05, 3.63) is 88.2 Å². The second-order valence-electron chi connectivity index (χ2n) is 9.22. The lowest BCUT2D eigenvalue weighted by atomic mass is 10.1. The highest BCUT2D eigenvalue weighted by Gasteiger charge is 2.29. The van der Waals surface area contributed by atoms with Crippen molar-refractivity contribution in [3.8, 4) is 0 Å². The van der Waals surface area contributed by atoms with Crippen LogP contribution < -0.4 is 10.2 Å². The molecule has 3 aromatic rings. The van der Waals surface area contributed by atoms with Gasteiger partial charge in [-0.15, -0.1) is 0 Å². The van der Waals surface area contributed by atoms with Crippen LogP contribution in [0, 0.1) is 25.5 Å². The lowest BCUT2D eigenvalue weighted by Gasteiger charge is -2.36. The fraction of sp³-hybridized carbons (Fsp3) is 0.393. The molecule has 5 nitrogen and oxygen atoms in total. The van der Waals surface area contributed by atoms with E-state index in [2.05, 4.69) is 22.0 Å². The number of hydrogen-bond acceptors (Lipinski definition) is 3. The Morgan fingerprint density at radius 1 is 0.971 bits per heavy atom. The van der Waals surface area contributed by atoms with Gasteiger partial charge in [0.1, 0.15) is 17.3 Å². The Morgan fingerprint density at radius 3 is 2.20 bits per heavy atom. The molecule has 1 aliphatic rings. The molecule has 0 aliphatic carbocycles. The van der Waals surface area contributed by atoms with Crippen molar-refractivity contribution >= 4 is 11.6 Å². The van der Waals surface area contributed by atoms with Crippen molar-refractivity contribution in [3.63, 3.8) is 0 Å². The van der Waals surface area contributed by atoms with E-state index in [-0.39, 0.29) is 24.1 Å². The Balaban J connectivity index is 1.73. The second kappa shape index (κ2) is 10.6. The summed E-state index contributed by atoms with van der Waals surface area (Å²) in [5, 5.41) is 3.09. The van der Waals surface area contributed by atoms with Crippen LogP contribution in [0.25, 0.3) is 0 Å². The predicted molar refractivity (Wildman–Crippen MR) is 136 cm³/mol. The van der Waals surface area contributed by atoms with Crippen LogP contribution in [0.5, 0.6) is 0 Å². The Labute approximate surface area is 206 Å². The summed E-state index contributed by atoms with van der Waals surface area (Å²) in [5.74, 6) is -1.48. The van der Waals surface area contributed by atoms with Crippen molar-refractivity contribution in [2.24, 2.45) is 0 Å². The topological polar surface area (TPSA) is 40.5 Å². The molecule has 1 amide bonds. The first-order valence-electron chi connectivity index (χ1n) is 12.3.